The van der Waals surface area contributed by atoms with Gasteiger partial charge in [-0.1, -0.05) is 41.4 Å². The Morgan fingerprint density at radius 1 is 1.40 bits per heavy atom. The molecule has 0 aromatic heterocycles. The van der Waals surface area contributed by atoms with Crippen LogP contribution in [0.2, 0.25) is 0 Å². The Morgan fingerprint density at radius 2 is 2.00 bits per heavy atom. The molecule has 1 aliphatic rings. The Balaban J connectivity index is 2.02. The van der Waals surface area contributed by atoms with E-state index in [2.05, 4.69) is 47.1 Å². The molecule has 0 aliphatic heterocycles. The fourth-order valence-electron chi connectivity index (χ4n) is 2.74. The van der Waals surface area contributed by atoms with Gasteiger partial charge in [-0.15, -0.1) is 0 Å². The predicted molar refractivity (Wildman–Crippen MR) is 85.6 cm³/mol. The largest absolute Gasteiger partial charge is 0.344 e. The highest BCUT2D eigenvalue weighted by Gasteiger charge is 2.45. The topological polar surface area (TPSA) is 46.3 Å². The molecule has 0 spiro atoms. The third kappa shape index (κ3) is 3.41. The van der Waals surface area contributed by atoms with Gasteiger partial charge in [-0.05, 0) is 37.0 Å². The van der Waals surface area contributed by atoms with Crippen LogP contribution in [-0.4, -0.2) is 30.4 Å². The molecule has 1 amide bonds. The second-order valence-electron chi connectivity index (χ2n) is 5.88. The zero-order valence-corrected chi connectivity index (χ0v) is 13.8. The third-order valence-corrected chi connectivity index (χ3v) is 4.67. The maximum Gasteiger partial charge on any atom is 0.239 e. The number of amides is 1. The maximum absolute atomic E-state index is 12.2. The average molecular weight is 339 g/mol. The van der Waals surface area contributed by atoms with E-state index in [1.54, 1.807) is 0 Å². The van der Waals surface area contributed by atoms with E-state index in [1.807, 2.05) is 11.9 Å². The van der Waals surface area contributed by atoms with Gasteiger partial charge in [-0.3, -0.25) is 4.79 Å². The second kappa shape index (κ2) is 6.27. The number of carbonyl (C=O) groups is 1. The predicted octanol–water partition coefficient (Wildman–Crippen LogP) is 3.07. The number of benzene rings is 1. The van der Waals surface area contributed by atoms with Gasteiger partial charge in [0.2, 0.25) is 5.91 Å². The van der Waals surface area contributed by atoms with Crippen molar-refractivity contribution in [3.8, 4) is 0 Å². The van der Waals surface area contributed by atoms with E-state index in [9.17, 15) is 4.79 Å². The van der Waals surface area contributed by atoms with Gasteiger partial charge < -0.3 is 10.6 Å². The summed E-state index contributed by atoms with van der Waals surface area (Å²) in [6, 6.07) is 8.09. The molecule has 0 radical (unpaired) electrons. The molecule has 1 aliphatic carbocycles. The van der Waals surface area contributed by atoms with Crippen molar-refractivity contribution in [1.82, 2.24) is 4.90 Å². The highest BCUT2D eigenvalue weighted by atomic mass is 79.9. The standard InChI is InChI=1S/C16H23BrN2O/c1-3-4-14(18)15(20)19(2)11-16(9-10-16)12-5-7-13(17)8-6-12/h5-8,14H,3-4,9-11,18H2,1-2H3. The molecule has 1 unspecified atom stereocenters. The molecule has 0 heterocycles. The summed E-state index contributed by atoms with van der Waals surface area (Å²) in [4.78, 5) is 14.0. The van der Waals surface area contributed by atoms with Crippen molar-refractivity contribution in [2.24, 2.45) is 5.73 Å². The Hall–Kier alpha value is -0.870. The molecule has 1 aromatic carbocycles. The quantitative estimate of drug-likeness (QED) is 0.866. The summed E-state index contributed by atoms with van der Waals surface area (Å²) in [6.45, 7) is 2.82. The zero-order chi connectivity index (χ0) is 14.8. The van der Waals surface area contributed by atoms with Crippen LogP contribution in [0.25, 0.3) is 0 Å². The molecule has 3 nitrogen and oxygen atoms in total. The number of likely N-dealkylation sites (N-methyl/N-ethyl adjacent to an activating group) is 1. The summed E-state index contributed by atoms with van der Waals surface area (Å²) in [5.74, 6) is 0.0650. The number of carbonyl (C=O) groups excluding carboxylic acids is 1. The lowest BCUT2D eigenvalue weighted by Gasteiger charge is -2.26. The number of rotatable bonds is 6. The molecule has 0 saturated heterocycles. The number of halogens is 1. The summed E-state index contributed by atoms with van der Waals surface area (Å²) >= 11 is 3.46. The van der Waals surface area contributed by atoms with Crippen LogP contribution in [0.15, 0.2) is 28.7 Å². The van der Waals surface area contributed by atoms with E-state index in [0.29, 0.717) is 0 Å². The Labute approximate surface area is 129 Å². The van der Waals surface area contributed by atoms with Crippen molar-refractivity contribution in [2.75, 3.05) is 13.6 Å². The van der Waals surface area contributed by atoms with Crippen LogP contribution in [0.4, 0.5) is 0 Å². The van der Waals surface area contributed by atoms with Crippen LogP contribution >= 0.6 is 15.9 Å². The van der Waals surface area contributed by atoms with Gasteiger partial charge >= 0.3 is 0 Å². The van der Waals surface area contributed by atoms with Crippen molar-refractivity contribution < 1.29 is 4.79 Å². The summed E-state index contributed by atoms with van der Waals surface area (Å²) < 4.78 is 1.09. The molecular formula is C16H23BrN2O. The van der Waals surface area contributed by atoms with Crippen molar-refractivity contribution in [3.63, 3.8) is 0 Å². The molecule has 2 rings (SSSR count). The van der Waals surface area contributed by atoms with Crippen LogP contribution in [0.5, 0.6) is 0 Å². The third-order valence-electron chi connectivity index (χ3n) is 4.14. The van der Waals surface area contributed by atoms with E-state index in [4.69, 9.17) is 5.73 Å². The van der Waals surface area contributed by atoms with E-state index in [0.717, 1.165) is 36.7 Å². The molecule has 1 saturated carbocycles. The lowest BCUT2D eigenvalue weighted by atomic mass is 9.95. The molecule has 20 heavy (non-hydrogen) atoms. The first-order chi connectivity index (χ1) is 9.48. The second-order valence-corrected chi connectivity index (χ2v) is 6.79. The number of nitrogens with two attached hydrogens (primary N) is 1. The molecule has 0 bridgehead atoms. The minimum Gasteiger partial charge on any atom is -0.344 e. The van der Waals surface area contributed by atoms with Crippen molar-refractivity contribution in [1.29, 1.82) is 0 Å². The summed E-state index contributed by atoms with van der Waals surface area (Å²) in [6.07, 6.45) is 4.00. The summed E-state index contributed by atoms with van der Waals surface area (Å²) in [5, 5.41) is 0. The van der Waals surface area contributed by atoms with Gasteiger partial charge in [0, 0.05) is 23.5 Å². The normalized spacial score (nSPS) is 17.6. The smallest absolute Gasteiger partial charge is 0.239 e. The van der Waals surface area contributed by atoms with Crippen LogP contribution in [0.1, 0.15) is 38.2 Å². The maximum atomic E-state index is 12.2. The first-order valence-corrected chi connectivity index (χ1v) is 8.04. The molecule has 1 aromatic rings. The Morgan fingerprint density at radius 3 is 2.50 bits per heavy atom. The van der Waals surface area contributed by atoms with Gasteiger partial charge in [0.25, 0.3) is 0 Å². The first-order valence-electron chi connectivity index (χ1n) is 7.25. The lowest BCUT2D eigenvalue weighted by Crippen LogP contribution is -2.44. The number of hydrogen-bond acceptors (Lipinski definition) is 2. The van der Waals surface area contributed by atoms with Crippen LogP contribution in [0, 0.1) is 0 Å². The fraction of sp³-hybridized carbons (Fsp3) is 0.562. The Bertz CT molecular complexity index is 468. The van der Waals surface area contributed by atoms with Gasteiger partial charge in [0.15, 0.2) is 0 Å². The molecule has 1 fully saturated rings. The van der Waals surface area contributed by atoms with Crippen LogP contribution in [-0.2, 0) is 10.2 Å². The van der Waals surface area contributed by atoms with E-state index < -0.39 is 0 Å². The van der Waals surface area contributed by atoms with E-state index >= 15 is 0 Å². The van der Waals surface area contributed by atoms with Crippen LogP contribution in [0.3, 0.4) is 0 Å². The van der Waals surface area contributed by atoms with Crippen molar-refractivity contribution in [3.05, 3.63) is 34.3 Å². The van der Waals surface area contributed by atoms with Gasteiger partial charge in [-0.25, -0.2) is 0 Å². The number of hydrogen-bond donors (Lipinski definition) is 1. The summed E-state index contributed by atoms with van der Waals surface area (Å²) in [7, 11) is 1.87. The highest BCUT2D eigenvalue weighted by Crippen LogP contribution is 2.48. The van der Waals surface area contributed by atoms with Crippen molar-refractivity contribution >= 4 is 21.8 Å². The van der Waals surface area contributed by atoms with Crippen molar-refractivity contribution in [2.45, 2.75) is 44.1 Å². The monoisotopic (exact) mass is 338 g/mol. The highest BCUT2D eigenvalue weighted by molar-refractivity contribution is 9.10. The molecule has 110 valence electrons. The van der Waals surface area contributed by atoms with Gasteiger partial charge in [0.1, 0.15) is 0 Å². The fourth-order valence-corrected chi connectivity index (χ4v) is 3.01. The zero-order valence-electron chi connectivity index (χ0n) is 12.2. The number of nitrogens with zero attached hydrogens (tertiary/aromatic N) is 1. The minimum absolute atomic E-state index is 0.0650. The average Bonchev–Trinajstić information content (AvgIpc) is 3.19. The molecule has 1 atom stereocenters. The Kier molecular flexibility index (Phi) is 4.86. The van der Waals surface area contributed by atoms with Gasteiger partial charge in [0.05, 0.1) is 6.04 Å². The van der Waals surface area contributed by atoms with Gasteiger partial charge in [-0.2, -0.15) is 0 Å². The molecule has 2 N–H and O–H groups in total. The SMILES string of the molecule is CCCC(N)C(=O)N(C)CC1(c2ccc(Br)cc2)CC1. The van der Waals surface area contributed by atoms with E-state index in [-0.39, 0.29) is 17.4 Å². The van der Waals surface area contributed by atoms with Crippen LogP contribution < -0.4 is 5.73 Å². The molecule has 4 heteroatoms. The van der Waals surface area contributed by atoms with E-state index in [1.165, 1.54) is 5.56 Å². The first kappa shape index (κ1) is 15.5. The lowest BCUT2D eigenvalue weighted by molar-refractivity contribution is -0.131. The summed E-state index contributed by atoms with van der Waals surface area (Å²) in [5.41, 5.74) is 7.40. The molecular weight excluding hydrogens is 316 g/mol. The minimum atomic E-state index is -0.356.